The summed E-state index contributed by atoms with van der Waals surface area (Å²) in [7, 11) is 0. The first-order chi connectivity index (χ1) is 20.3. The first-order valence-electron chi connectivity index (χ1n) is 14.7. The molecule has 0 radical (unpaired) electrons. The molecule has 3 heterocycles. The number of hydrogen-bond donors (Lipinski definition) is 2. The van der Waals surface area contributed by atoms with Crippen LogP contribution >= 0.6 is 11.3 Å². The number of benzene rings is 2. The summed E-state index contributed by atoms with van der Waals surface area (Å²) in [4.78, 5) is 49.8. The van der Waals surface area contributed by atoms with Crippen LogP contribution in [0, 0.1) is 12.8 Å². The summed E-state index contributed by atoms with van der Waals surface area (Å²) >= 11 is 1.50. The van der Waals surface area contributed by atoms with Gasteiger partial charge in [0.1, 0.15) is 17.8 Å². The second-order valence-electron chi connectivity index (χ2n) is 12.7. The molecule has 1 unspecified atom stereocenters. The third-order valence-electron chi connectivity index (χ3n) is 7.98. The second kappa shape index (κ2) is 12.1. The molecular formula is C33H40N4O5S. The molecule has 1 fully saturated rings. The second-order valence-corrected chi connectivity index (χ2v) is 13.6. The van der Waals surface area contributed by atoms with Crippen molar-refractivity contribution in [1.82, 2.24) is 20.1 Å². The van der Waals surface area contributed by atoms with Crippen LogP contribution in [0.5, 0.6) is 5.75 Å². The minimum atomic E-state index is -0.776. The number of carbonyl (C=O) groups excluding carboxylic acids is 3. The van der Waals surface area contributed by atoms with E-state index in [1.807, 2.05) is 65.8 Å². The summed E-state index contributed by atoms with van der Waals surface area (Å²) in [6, 6.07) is 11.3. The molecule has 0 saturated carbocycles. The lowest BCUT2D eigenvalue weighted by molar-refractivity contribution is -0.143. The van der Waals surface area contributed by atoms with E-state index in [0.29, 0.717) is 24.1 Å². The number of phenols is 1. The van der Waals surface area contributed by atoms with E-state index in [9.17, 15) is 19.5 Å². The van der Waals surface area contributed by atoms with Crippen LogP contribution in [-0.2, 0) is 27.4 Å². The molecule has 9 nitrogen and oxygen atoms in total. The predicted octanol–water partition coefficient (Wildman–Crippen LogP) is 4.91. The molecule has 2 aliphatic rings. The third-order valence-corrected chi connectivity index (χ3v) is 8.96. The number of nitrogens with zero attached hydrogens (tertiary/aromatic N) is 3. The van der Waals surface area contributed by atoms with Crippen molar-refractivity contribution in [3.8, 4) is 16.2 Å². The zero-order valence-electron chi connectivity index (χ0n) is 25.6. The highest BCUT2D eigenvalue weighted by atomic mass is 32.1. The molecule has 3 atom stereocenters. The predicted molar refractivity (Wildman–Crippen MR) is 165 cm³/mol. The number of thiazole rings is 1. The van der Waals surface area contributed by atoms with Crippen LogP contribution in [0.2, 0.25) is 0 Å². The van der Waals surface area contributed by atoms with Crippen LogP contribution in [0.4, 0.5) is 0 Å². The van der Waals surface area contributed by atoms with Gasteiger partial charge in [0.05, 0.1) is 27.8 Å². The van der Waals surface area contributed by atoms with Gasteiger partial charge in [0.2, 0.25) is 11.8 Å². The summed E-state index contributed by atoms with van der Waals surface area (Å²) in [5, 5.41) is 13.7. The SMILES string of the molecule is Cc1ncsc1-c1ccc(CNC(=O)[C@@H]2C[C@@H](OC(C)(C)C)CN2C(=O)C(C(C)C)N2Cc3ccccc3C2=O)c(O)c1. The molecule has 2 aliphatic heterocycles. The van der Waals surface area contributed by atoms with Crippen molar-refractivity contribution in [2.45, 2.75) is 84.8 Å². The van der Waals surface area contributed by atoms with Crippen LogP contribution in [0.1, 0.15) is 68.2 Å². The highest BCUT2D eigenvalue weighted by Gasteiger charge is 2.47. The maximum absolute atomic E-state index is 14.3. The van der Waals surface area contributed by atoms with Crippen LogP contribution in [0.25, 0.3) is 10.4 Å². The van der Waals surface area contributed by atoms with Gasteiger partial charge in [0, 0.05) is 37.2 Å². The molecule has 5 rings (SSSR count). The van der Waals surface area contributed by atoms with Gasteiger partial charge < -0.3 is 25.0 Å². The smallest absolute Gasteiger partial charge is 0.255 e. The number of nitrogens with one attached hydrogen (secondary N) is 1. The maximum atomic E-state index is 14.3. The molecule has 43 heavy (non-hydrogen) atoms. The Balaban J connectivity index is 1.35. The average molecular weight is 605 g/mol. The lowest BCUT2D eigenvalue weighted by Crippen LogP contribution is -2.55. The Morgan fingerprint density at radius 2 is 1.93 bits per heavy atom. The quantitative estimate of drug-likeness (QED) is 0.378. The molecule has 2 N–H and O–H groups in total. The molecule has 3 aromatic rings. The Kier molecular flexibility index (Phi) is 8.63. The normalized spacial score (nSPS) is 19.2. The van der Waals surface area contributed by atoms with Gasteiger partial charge in [-0.15, -0.1) is 11.3 Å². The number of likely N-dealkylation sites (tertiary alicyclic amines) is 1. The number of rotatable bonds is 8. The zero-order valence-corrected chi connectivity index (χ0v) is 26.4. The molecule has 0 spiro atoms. The number of carbonyl (C=O) groups is 3. The van der Waals surface area contributed by atoms with Gasteiger partial charge in [-0.2, -0.15) is 0 Å². The highest BCUT2D eigenvalue weighted by Crippen LogP contribution is 2.33. The van der Waals surface area contributed by atoms with Gasteiger partial charge in [-0.25, -0.2) is 4.98 Å². The Hall–Kier alpha value is -3.76. The topological polar surface area (TPSA) is 112 Å². The number of hydrogen-bond acceptors (Lipinski definition) is 7. The van der Waals surface area contributed by atoms with Gasteiger partial charge in [0.25, 0.3) is 5.91 Å². The van der Waals surface area contributed by atoms with Crippen molar-refractivity contribution >= 4 is 29.1 Å². The van der Waals surface area contributed by atoms with E-state index in [4.69, 9.17) is 4.74 Å². The number of aromatic nitrogens is 1. The standard InChI is InChI=1S/C33H40N4O5S/c1-19(2)28(37-16-23-9-7-8-10-25(23)31(37)40)32(41)36-17-24(42-33(4,5)6)14-26(36)30(39)34-15-22-12-11-21(13-27(22)38)29-20(3)35-18-43-29/h7-13,18-19,24,26,28,38H,14-17H2,1-6H3,(H,34,39)/t24-,26+,28?/m1/s1. The summed E-state index contributed by atoms with van der Waals surface area (Å²) in [6.07, 6.45) is -0.00188. The monoisotopic (exact) mass is 604 g/mol. The molecule has 228 valence electrons. The van der Waals surface area contributed by atoms with E-state index in [1.54, 1.807) is 33.5 Å². The number of phenolic OH excluding ortho intramolecular Hbond substituents is 1. The molecule has 1 saturated heterocycles. The van der Waals surface area contributed by atoms with E-state index in [-0.39, 0.29) is 48.6 Å². The van der Waals surface area contributed by atoms with Crippen molar-refractivity contribution in [1.29, 1.82) is 0 Å². The maximum Gasteiger partial charge on any atom is 0.255 e. The minimum absolute atomic E-state index is 0.0749. The fourth-order valence-electron chi connectivity index (χ4n) is 6.06. The van der Waals surface area contributed by atoms with Crippen LogP contribution in [0.3, 0.4) is 0 Å². The molecule has 3 amide bonds. The lowest BCUT2D eigenvalue weighted by Gasteiger charge is -2.35. The van der Waals surface area contributed by atoms with Crippen molar-refractivity contribution in [3.63, 3.8) is 0 Å². The number of amides is 3. The summed E-state index contributed by atoms with van der Waals surface area (Å²) in [5.74, 6) is -0.851. The zero-order chi connectivity index (χ0) is 31.1. The van der Waals surface area contributed by atoms with Gasteiger partial charge >= 0.3 is 0 Å². The Bertz CT molecular complexity index is 1530. The van der Waals surface area contributed by atoms with Gasteiger partial charge in [-0.05, 0) is 56.9 Å². The number of ether oxygens (including phenoxy) is 1. The molecule has 10 heteroatoms. The number of aryl methyl sites for hydroxylation is 1. The highest BCUT2D eigenvalue weighted by molar-refractivity contribution is 7.13. The lowest BCUT2D eigenvalue weighted by atomic mass is 10.0. The summed E-state index contributed by atoms with van der Waals surface area (Å²) < 4.78 is 6.24. The van der Waals surface area contributed by atoms with Crippen molar-refractivity contribution in [2.24, 2.45) is 5.92 Å². The van der Waals surface area contributed by atoms with Crippen molar-refractivity contribution in [2.75, 3.05) is 6.54 Å². The van der Waals surface area contributed by atoms with E-state index < -0.39 is 17.7 Å². The largest absolute Gasteiger partial charge is 0.508 e. The summed E-state index contributed by atoms with van der Waals surface area (Å²) in [5.41, 5.74) is 5.14. The average Bonchev–Trinajstić information content (AvgIpc) is 3.64. The van der Waals surface area contributed by atoms with Gasteiger partial charge in [-0.1, -0.05) is 44.2 Å². The van der Waals surface area contributed by atoms with E-state index in [2.05, 4.69) is 10.3 Å². The Morgan fingerprint density at radius 1 is 1.19 bits per heavy atom. The number of fused-ring (bicyclic) bond motifs is 1. The van der Waals surface area contributed by atoms with Crippen molar-refractivity contribution in [3.05, 3.63) is 70.4 Å². The van der Waals surface area contributed by atoms with Gasteiger partial charge in [0.15, 0.2) is 0 Å². The number of aromatic hydroxyl groups is 1. The van der Waals surface area contributed by atoms with E-state index in [1.165, 1.54) is 11.3 Å². The fraction of sp³-hybridized carbons (Fsp3) is 0.455. The summed E-state index contributed by atoms with van der Waals surface area (Å²) in [6.45, 7) is 12.3. The van der Waals surface area contributed by atoms with E-state index >= 15 is 0 Å². The molecule has 0 bridgehead atoms. The van der Waals surface area contributed by atoms with Crippen LogP contribution < -0.4 is 5.32 Å². The third kappa shape index (κ3) is 6.45. The first-order valence-corrected chi connectivity index (χ1v) is 15.6. The molecule has 2 aromatic carbocycles. The van der Waals surface area contributed by atoms with Gasteiger partial charge in [-0.3, -0.25) is 14.4 Å². The first kappa shape index (κ1) is 30.7. The van der Waals surface area contributed by atoms with Crippen LogP contribution in [0.15, 0.2) is 48.0 Å². The minimum Gasteiger partial charge on any atom is -0.508 e. The molecule has 0 aliphatic carbocycles. The van der Waals surface area contributed by atoms with E-state index in [0.717, 1.165) is 21.7 Å². The fourth-order valence-corrected chi connectivity index (χ4v) is 6.86. The van der Waals surface area contributed by atoms with Crippen LogP contribution in [-0.4, -0.2) is 67.9 Å². The molecular weight excluding hydrogens is 564 g/mol. The molecule has 1 aromatic heterocycles. The van der Waals surface area contributed by atoms with Crippen molar-refractivity contribution < 1.29 is 24.2 Å². The Labute approximate surface area is 256 Å². The Morgan fingerprint density at radius 3 is 2.56 bits per heavy atom.